The lowest BCUT2D eigenvalue weighted by Gasteiger charge is -2.21. The predicted molar refractivity (Wildman–Crippen MR) is 124 cm³/mol. The van der Waals surface area contributed by atoms with Gasteiger partial charge < -0.3 is 4.90 Å². The number of halogens is 2. The monoisotopic (exact) mass is 485 g/mol. The van der Waals surface area contributed by atoms with Gasteiger partial charge in [-0.15, -0.1) is 10.2 Å². The molecule has 8 heteroatoms. The third-order valence-corrected chi connectivity index (χ3v) is 6.43. The molecular weight excluding hydrogens is 466 g/mol. The zero-order valence-electron chi connectivity index (χ0n) is 16.4. The van der Waals surface area contributed by atoms with E-state index in [0.29, 0.717) is 22.7 Å². The molecule has 5 rings (SSSR count). The molecule has 0 saturated carbocycles. The Morgan fingerprint density at radius 1 is 0.967 bits per heavy atom. The molecule has 0 amide bonds. The van der Waals surface area contributed by atoms with Crippen LogP contribution >= 0.6 is 27.5 Å². The van der Waals surface area contributed by atoms with E-state index in [4.69, 9.17) is 11.6 Å². The van der Waals surface area contributed by atoms with E-state index in [1.54, 1.807) is 4.57 Å². The number of hydrogen-bond donors (Lipinski definition) is 0. The number of benzene rings is 2. The summed E-state index contributed by atoms with van der Waals surface area (Å²) in [6.45, 7) is 2.31. The maximum atomic E-state index is 13.4. The second-order valence-corrected chi connectivity index (χ2v) is 9.07. The van der Waals surface area contributed by atoms with Crippen LogP contribution in [-0.2, 0) is 6.54 Å². The molecule has 0 unspecified atom stereocenters. The Morgan fingerprint density at radius 2 is 1.70 bits per heavy atom. The highest BCUT2D eigenvalue weighted by Crippen LogP contribution is 2.25. The summed E-state index contributed by atoms with van der Waals surface area (Å²) in [5.41, 5.74) is 1.73. The largest absolute Gasteiger partial charge is 0.341 e. The first-order chi connectivity index (χ1) is 14.6. The summed E-state index contributed by atoms with van der Waals surface area (Å²) in [6, 6.07) is 13.3. The number of rotatable bonds is 3. The third kappa shape index (κ3) is 3.50. The van der Waals surface area contributed by atoms with Gasteiger partial charge in [-0.25, -0.2) is 4.40 Å². The van der Waals surface area contributed by atoms with E-state index < -0.39 is 0 Å². The van der Waals surface area contributed by atoms with Gasteiger partial charge in [0.05, 0.1) is 17.4 Å². The van der Waals surface area contributed by atoms with Crippen LogP contribution in [-0.4, -0.2) is 32.3 Å². The van der Waals surface area contributed by atoms with Gasteiger partial charge in [0.15, 0.2) is 0 Å². The highest BCUT2D eigenvalue weighted by Gasteiger charge is 2.21. The molecule has 0 spiro atoms. The number of aromatic nitrogens is 4. The Labute approximate surface area is 187 Å². The second-order valence-electron chi connectivity index (χ2n) is 7.72. The summed E-state index contributed by atoms with van der Waals surface area (Å²) in [4.78, 5) is 15.7. The smallest absolute Gasteiger partial charge is 0.263 e. The molecule has 4 aromatic rings. The Kier molecular flexibility index (Phi) is 5.25. The molecule has 1 fully saturated rings. The van der Waals surface area contributed by atoms with Crippen LogP contribution in [0.4, 0.5) is 5.95 Å². The van der Waals surface area contributed by atoms with Crippen molar-refractivity contribution in [3.63, 3.8) is 0 Å². The lowest BCUT2D eigenvalue weighted by atomic mass is 10.2. The first kappa shape index (κ1) is 19.6. The minimum atomic E-state index is -0.0800. The predicted octanol–water partition coefficient (Wildman–Crippen LogP) is 4.89. The van der Waals surface area contributed by atoms with Crippen molar-refractivity contribution < 1.29 is 0 Å². The van der Waals surface area contributed by atoms with Gasteiger partial charge in [0, 0.05) is 22.6 Å². The maximum absolute atomic E-state index is 13.4. The normalized spacial score (nSPS) is 15.1. The molecule has 6 nitrogen and oxygen atoms in total. The Morgan fingerprint density at radius 3 is 2.43 bits per heavy atom. The fourth-order valence-corrected chi connectivity index (χ4v) is 4.65. The molecule has 2 aromatic carbocycles. The molecule has 1 aliphatic heterocycles. The van der Waals surface area contributed by atoms with Gasteiger partial charge in [0.2, 0.25) is 11.7 Å². The molecular formula is C22H21BrClN5O. The van der Waals surface area contributed by atoms with E-state index in [2.05, 4.69) is 31.0 Å². The molecule has 0 aliphatic carbocycles. The van der Waals surface area contributed by atoms with E-state index in [-0.39, 0.29) is 5.56 Å². The van der Waals surface area contributed by atoms with Crippen LogP contribution in [0.3, 0.4) is 0 Å². The van der Waals surface area contributed by atoms with Crippen molar-refractivity contribution in [2.75, 3.05) is 18.0 Å². The summed E-state index contributed by atoms with van der Waals surface area (Å²) in [6.07, 6.45) is 4.76. The van der Waals surface area contributed by atoms with Crippen molar-refractivity contribution in [3.05, 3.63) is 67.9 Å². The molecule has 1 saturated heterocycles. The molecule has 0 radical (unpaired) electrons. The lowest BCUT2D eigenvalue weighted by Crippen LogP contribution is -2.28. The molecule has 2 aromatic heterocycles. The SMILES string of the molecule is O=c1c2cc(Br)ccc2n2c(N3CCCCCC3)nnc2n1Cc1ccc(Cl)cc1. The highest BCUT2D eigenvalue weighted by molar-refractivity contribution is 9.10. The fourth-order valence-electron chi connectivity index (χ4n) is 4.16. The summed E-state index contributed by atoms with van der Waals surface area (Å²) < 4.78 is 4.60. The number of anilines is 1. The first-order valence-corrected chi connectivity index (χ1v) is 11.4. The van der Waals surface area contributed by atoms with Crippen LogP contribution in [0.2, 0.25) is 5.02 Å². The minimum Gasteiger partial charge on any atom is -0.341 e. The molecule has 0 atom stereocenters. The van der Waals surface area contributed by atoms with E-state index in [9.17, 15) is 4.79 Å². The van der Waals surface area contributed by atoms with E-state index in [1.165, 1.54) is 12.8 Å². The van der Waals surface area contributed by atoms with Crippen LogP contribution in [0.25, 0.3) is 16.7 Å². The summed E-state index contributed by atoms with van der Waals surface area (Å²) in [7, 11) is 0. The van der Waals surface area contributed by atoms with Gasteiger partial charge >= 0.3 is 0 Å². The van der Waals surface area contributed by atoms with Crippen LogP contribution in [0.15, 0.2) is 51.7 Å². The van der Waals surface area contributed by atoms with Crippen LogP contribution in [0.5, 0.6) is 0 Å². The van der Waals surface area contributed by atoms with E-state index >= 15 is 0 Å². The van der Waals surface area contributed by atoms with Gasteiger partial charge in [-0.2, -0.15) is 0 Å². The number of fused-ring (bicyclic) bond motifs is 3. The summed E-state index contributed by atoms with van der Waals surface area (Å²) >= 11 is 9.55. The van der Waals surface area contributed by atoms with Gasteiger partial charge in [-0.3, -0.25) is 9.36 Å². The van der Waals surface area contributed by atoms with Gasteiger partial charge in [0.25, 0.3) is 5.56 Å². The quantitative estimate of drug-likeness (QED) is 0.414. The third-order valence-electron chi connectivity index (χ3n) is 5.69. The number of hydrogen-bond acceptors (Lipinski definition) is 4. The topological polar surface area (TPSA) is 55.4 Å². The average Bonchev–Trinajstić information content (AvgIpc) is 3.00. The minimum absolute atomic E-state index is 0.0800. The fraction of sp³-hybridized carbons (Fsp3) is 0.318. The summed E-state index contributed by atoms with van der Waals surface area (Å²) in [5.74, 6) is 1.37. The van der Waals surface area contributed by atoms with Crippen molar-refractivity contribution in [3.8, 4) is 0 Å². The van der Waals surface area contributed by atoms with Crippen LogP contribution < -0.4 is 10.5 Å². The Balaban J connectivity index is 1.75. The lowest BCUT2D eigenvalue weighted by molar-refractivity contribution is 0.726. The Bertz CT molecular complexity index is 1270. The zero-order chi connectivity index (χ0) is 20.7. The van der Waals surface area contributed by atoms with Gasteiger partial charge in [-0.1, -0.05) is 52.5 Å². The molecule has 154 valence electrons. The van der Waals surface area contributed by atoms with Gasteiger partial charge in [-0.05, 0) is 48.7 Å². The maximum Gasteiger partial charge on any atom is 0.263 e. The highest BCUT2D eigenvalue weighted by atomic mass is 79.9. The molecule has 3 heterocycles. The molecule has 30 heavy (non-hydrogen) atoms. The van der Waals surface area contributed by atoms with Crippen molar-refractivity contribution in [1.29, 1.82) is 0 Å². The van der Waals surface area contributed by atoms with Crippen molar-refractivity contribution in [2.24, 2.45) is 0 Å². The average molecular weight is 487 g/mol. The van der Waals surface area contributed by atoms with Crippen LogP contribution in [0.1, 0.15) is 31.2 Å². The molecule has 1 aliphatic rings. The first-order valence-electron chi connectivity index (χ1n) is 10.2. The molecule has 0 N–H and O–H groups in total. The molecule has 0 bridgehead atoms. The number of nitrogens with zero attached hydrogens (tertiary/aromatic N) is 5. The zero-order valence-corrected chi connectivity index (χ0v) is 18.7. The van der Waals surface area contributed by atoms with E-state index in [0.717, 1.165) is 47.4 Å². The van der Waals surface area contributed by atoms with E-state index in [1.807, 2.05) is 46.9 Å². The van der Waals surface area contributed by atoms with Gasteiger partial charge in [0.1, 0.15) is 0 Å². The standard InChI is InChI=1S/C22H21BrClN5O/c23-16-7-10-19-18(13-16)20(30)28(14-15-5-8-17(24)9-6-15)22-26-25-21(29(19)22)27-11-3-1-2-4-12-27/h5-10,13H,1-4,11-12,14H2. The van der Waals surface area contributed by atoms with Crippen molar-refractivity contribution >= 4 is 50.2 Å². The second kappa shape index (κ2) is 8.04. The summed E-state index contributed by atoms with van der Waals surface area (Å²) in [5, 5.41) is 10.3. The Hall–Kier alpha value is -2.38. The van der Waals surface area contributed by atoms with Crippen LogP contribution in [0, 0.1) is 0 Å². The van der Waals surface area contributed by atoms with Crippen molar-refractivity contribution in [2.45, 2.75) is 32.2 Å². The van der Waals surface area contributed by atoms with Crippen molar-refractivity contribution in [1.82, 2.24) is 19.2 Å².